The number of hydrogen-bond donors (Lipinski definition) is 1. The molecule has 0 bridgehead atoms. The zero-order valence-corrected chi connectivity index (χ0v) is 17.2. The van der Waals surface area contributed by atoms with Crippen LogP contribution in [0.3, 0.4) is 0 Å². The van der Waals surface area contributed by atoms with Gasteiger partial charge in [-0.3, -0.25) is 0 Å². The highest BCUT2D eigenvalue weighted by molar-refractivity contribution is 5.75. The molecule has 1 N–H and O–H groups in total. The first-order valence-electron chi connectivity index (χ1n) is 10.6. The van der Waals surface area contributed by atoms with E-state index in [0.717, 1.165) is 56.1 Å². The summed E-state index contributed by atoms with van der Waals surface area (Å²) in [6, 6.07) is 15.1. The van der Waals surface area contributed by atoms with E-state index in [0.29, 0.717) is 12.5 Å². The fraction of sp³-hybridized carbons (Fsp3) is 0.333. The van der Waals surface area contributed by atoms with Gasteiger partial charge in [0, 0.05) is 43.9 Å². The Bertz CT molecular complexity index is 1040. The Hall–Kier alpha value is -2.99. The Labute approximate surface area is 176 Å². The minimum atomic E-state index is -0.224. The third-order valence-corrected chi connectivity index (χ3v) is 6.07. The number of halogens is 1. The lowest BCUT2D eigenvalue weighted by atomic mass is 9.89. The molecule has 0 radical (unpaired) electrons. The molecule has 1 fully saturated rings. The smallest absolute Gasteiger partial charge is 0.225 e. The van der Waals surface area contributed by atoms with E-state index in [1.54, 1.807) is 12.1 Å². The molecule has 1 aromatic heterocycles. The quantitative estimate of drug-likeness (QED) is 0.719. The molecule has 5 rings (SSSR count). The number of likely N-dealkylation sites (N-methyl/N-ethyl adjacent to an activating group) is 1. The van der Waals surface area contributed by atoms with E-state index >= 15 is 0 Å². The van der Waals surface area contributed by atoms with Gasteiger partial charge >= 0.3 is 0 Å². The van der Waals surface area contributed by atoms with E-state index in [-0.39, 0.29) is 5.82 Å². The molecule has 1 aliphatic carbocycles. The Morgan fingerprint density at radius 2 is 1.70 bits per heavy atom. The Kier molecular flexibility index (Phi) is 5.09. The van der Waals surface area contributed by atoms with Gasteiger partial charge in [-0.25, -0.2) is 9.37 Å². The van der Waals surface area contributed by atoms with Crippen LogP contribution in [-0.2, 0) is 19.4 Å². The summed E-state index contributed by atoms with van der Waals surface area (Å²) in [5, 5.41) is 3.37. The highest BCUT2D eigenvalue weighted by atomic mass is 19.1. The number of benzene rings is 2. The summed E-state index contributed by atoms with van der Waals surface area (Å²) in [6.45, 7) is 4.57. The van der Waals surface area contributed by atoms with Gasteiger partial charge < -0.3 is 15.1 Å². The first kappa shape index (κ1) is 19.0. The normalized spacial score (nSPS) is 16.1. The molecular weight excluding hydrogens is 377 g/mol. The van der Waals surface area contributed by atoms with Crippen molar-refractivity contribution in [2.45, 2.75) is 19.4 Å². The first-order valence-corrected chi connectivity index (χ1v) is 10.6. The van der Waals surface area contributed by atoms with Crippen molar-refractivity contribution in [3.63, 3.8) is 0 Å². The molecule has 0 saturated carbocycles. The maximum atomic E-state index is 13.2. The summed E-state index contributed by atoms with van der Waals surface area (Å²) in [4.78, 5) is 14.6. The number of rotatable bonds is 4. The van der Waals surface area contributed by atoms with Gasteiger partial charge in [0.15, 0.2) is 0 Å². The van der Waals surface area contributed by atoms with Gasteiger partial charge in [0.05, 0.1) is 5.69 Å². The molecule has 1 saturated heterocycles. The van der Waals surface area contributed by atoms with Crippen molar-refractivity contribution in [3.8, 4) is 11.3 Å². The summed E-state index contributed by atoms with van der Waals surface area (Å²) in [5.41, 5.74) is 5.85. The fourth-order valence-electron chi connectivity index (χ4n) is 4.30. The predicted molar refractivity (Wildman–Crippen MR) is 118 cm³/mol. The SMILES string of the molecule is CN1CCN(c2nc(NCc3ccc(F)cc3)nc3c2CCc2ccccc2-3)CC1. The molecule has 30 heavy (non-hydrogen) atoms. The molecule has 0 unspecified atom stereocenters. The Morgan fingerprint density at radius 1 is 0.933 bits per heavy atom. The molecule has 0 atom stereocenters. The minimum absolute atomic E-state index is 0.224. The highest BCUT2D eigenvalue weighted by Gasteiger charge is 2.26. The van der Waals surface area contributed by atoms with Gasteiger partial charge in [-0.15, -0.1) is 0 Å². The van der Waals surface area contributed by atoms with Crippen LogP contribution in [0.5, 0.6) is 0 Å². The zero-order valence-electron chi connectivity index (χ0n) is 17.2. The number of nitrogens with one attached hydrogen (secondary N) is 1. The summed E-state index contributed by atoms with van der Waals surface area (Å²) >= 11 is 0. The van der Waals surface area contributed by atoms with E-state index in [2.05, 4.69) is 46.4 Å². The maximum Gasteiger partial charge on any atom is 0.225 e. The molecule has 3 aromatic rings. The lowest BCUT2D eigenvalue weighted by molar-refractivity contribution is 0.312. The van der Waals surface area contributed by atoms with E-state index in [9.17, 15) is 4.39 Å². The van der Waals surface area contributed by atoms with Gasteiger partial charge in [0.2, 0.25) is 5.95 Å². The van der Waals surface area contributed by atoms with Crippen LogP contribution in [0.15, 0.2) is 48.5 Å². The van der Waals surface area contributed by atoms with Crippen LogP contribution in [-0.4, -0.2) is 48.1 Å². The summed E-state index contributed by atoms with van der Waals surface area (Å²) in [5.74, 6) is 1.46. The van der Waals surface area contributed by atoms with Crippen molar-refractivity contribution in [1.29, 1.82) is 0 Å². The second kappa shape index (κ2) is 8.03. The maximum absolute atomic E-state index is 13.2. The molecule has 154 valence electrons. The topological polar surface area (TPSA) is 44.3 Å². The third-order valence-electron chi connectivity index (χ3n) is 6.07. The molecule has 2 aromatic carbocycles. The lowest BCUT2D eigenvalue weighted by Crippen LogP contribution is -2.45. The number of anilines is 2. The summed E-state index contributed by atoms with van der Waals surface area (Å²) in [6.07, 6.45) is 1.99. The van der Waals surface area contributed by atoms with Gasteiger partial charge in [-0.05, 0) is 43.1 Å². The van der Waals surface area contributed by atoms with Crippen molar-refractivity contribution in [3.05, 3.63) is 71.0 Å². The highest BCUT2D eigenvalue weighted by Crippen LogP contribution is 2.37. The monoisotopic (exact) mass is 403 g/mol. The van der Waals surface area contributed by atoms with Gasteiger partial charge in [-0.1, -0.05) is 36.4 Å². The number of fused-ring (bicyclic) bond motifs is 3. The number of nitrogens with zero attached hydrogens (tertiary/aromatic N) is 4. The second-order valence-electron chi connectivity index (χ2n) is 8.13. The van der Waals surface area contributed by atoms with Crippen molar-refractivity contribution < 1.29 is 4.39 Å². The van der Waals surface area contributed by atoms with Crippen LogP contribution in [0.4, 0.5) is 16.2 Å². The number of aryl methyl sites for hydroxylation is 1. The Morgan fingerprint density at radius 3 is 2.50 bits per heavy atom. The molecular formula is C24H26FN5. The predicted octanol–water partition coefficient (Wildman–Crippen LogP) is 3.75. The zero-order chi connectivity index (χ0) is 20.5. The fourth-order valence-corrected chi connectivity index (χ4v) is 4.30. The van der Waals surface area contributed by atoms with Crippen molar-refractivity contribution in [2.75, 3.05) is 43.4 Å². The average molecular weight is 404 g/mol. The van der Waals surface area contributed by atoms with Crippen molar-refractivity contribution in [1.82, 2.24) is 14.9 Å². The van der Waals surface area contributed by atoms with E-state index in [4.69, 9.17) is 9.97 Å². The van der Waals surface area contributed by atoms with Crippen LogP contribution in [0, 0.1) is 5.82 Å². The number of piperazine rings is 1. The third kappa shape index (κ3) is 3.75. The van der Waals surface area contributed by atoms with Gasteiger partial charge in [0.1, 0.15) is 11.6 Å². The summed E-state index contributed by atoms with van der Waals surface area (Å²) < 4.78 is 13.2. The van der Waals surface area contributed by atoms with Crippen LogP contribution in [0.25, 0.3) is 11.3 Å². The number of aromatic nitrogens is 2. The van der Waals surface area contributed by atoms with Gasteiger partial charge in [0.25, 0.3) is 0 Å². The molecule has 2 heterocycles. The minimum Gasteiger partial charge on any atom is -0.354 e. The standard InChI is InChI=1S/C24H26FN5/c1-29-12-14-30(15-13-29)23-21-11-8-18-4-2-3-5-20(18)22(21)27-24(28-23)26-16-17-6-9-19(25)10-7-17/h2-7,9-10H,8,11-16H2,1H3,(H,26,27,28). The second-order valence-corrected chi connectivity index (χ2v) is 8.13. The Balaban J connectivity index is 1.51. The molecule has 0 spiro atoms. The molecule has 5 nitrogen and oxygen atoms in total. The van der Waals surface area contributed by atoms with E-state index in [1.807, 2.05) is 0 Å². The molecule has 2 aliphatic rings. The summed E-state index contributed by atoms with van der Waals surface area (Å²) in [7, 11) is 2.17. The average Bonchev–Trinajstić information content (AvgIpc) is 2.78. The van der Waals surface area contributed by atoms with E-state index in [1.165, 1.54) is 28.8 Å². The van der Waals surface area contributed by atoms with Crippen LogP contribution < -0.4 is 10.2 Å². The van der Waals surface area contributed by atoms with Gasteiger partial charge in [-0.2, -0.15) is 4.98 Å². The van der Waals surface area contributed by atoms with Crippen molar-refractivity contribution >= 4 is 11.8 Å². The first-order chi connectivity index (χ1) is 14.7. The lowest BCUT2D eigenvalue weighted by Gasteiger charge is -2.35. The van der Waals surface area contributed by atoms with Crippen molar-refractivity contribution in [2.24, 2.45) is 0 Å². The van der Waals surface area contributed by atoms with Crippen LogP contribution in [0.1, 0.15) is 16.7 Å². The molecule has 1 aliphatic heterocycles. The largest absolute Gasteiger partial charge is 0.354 e. The van der Waals surface area contributed by atoms with Crippen LogP contribution >= 0.6 is 0 Å². The molecule has 0 amide bonds. The van der Waals surface area contributed by atoms with Crippen LogP contribution in [0.2, 0.25) is 0 Å². The van der Waals surface area contributed by atoms with E-state index < -0.39 is 0 Å². The number of hydrogen-bond acceptors (Lipinski definition) is 5. The molecule has 6 heteroatoms.